The molecule has 3 unspecified atom stereocenters. The first kappa shape index (κ1) is 31.8. The molecule has 3 atom stereocenters. The smallest absolute Gasteiger partial charge is 0.326 e. The van der Waals surface area contributed by atoms with E-state index in [0.29, 0.717) is 6.42 Å². The number of hydrogen-bond acceptors (Lipinski definition) is 6. The van der Waals surface area contributed by atoms with Crippen molar-refractivity contribution in [2.75, 3.05) is 13.1 Å². The fourth-order valence-corrected chi connectivity index (χ4v) is 3.83. The Bertz CT molecular complexity index is 1160. The Hall–Kier alpha value is -4.45. The van der Waals surface area contributed by atoms with Crippen molar-refractivity contribution in [3.05, 3.63) is 65.7 Å². The molecule has 0 fully saturated rings. The third kappa shape index (κ3) is 11.5. The monoisotopic (exact) mass is 556 g/mol. The number of aliphatic carboxylic acids is 1. The number of carbonyl (C=O) groups excluding carboxylic acids is 4. The van der Waals surface area contributed by atoms with Gasteiger partial charge in [-0.25, -0.2) is 4.79 Å². The molecular formula is C28H38N5O7+. The van der Waals surface area contributed by atoms with E-state index < -0.39 is 54.3 Å². The molecule has 2 aromatic rings. The molecule has 40 heavy (non-hydrogen) atoms. The lowest BCUT2D eigenvalue weighted by molar-refractivity contribution is -0.403. The number of phenolic OH excluding ortho intramolecular Hbond substituents is 1. The van der Waals surface area contributed by atoms with Crippen LogP contribution in [0.3, 0.4) is 0 Å². The minimum atomic E-state index is -1.17. The van der Waals surface area contributed by atoms with Gasteiger partial charge in [0.2, 0.25) is 17.7 Å². The van der Waals surface area contributed by atoms with Gasteiger partial charge in [0.1, 0.15) is 17.8 Å². The summed E-state index contributed by atoms with van der Waals surface area (Å²) in [6.45, 7) is 2.84. The highest BCUT2D eigenvalue weighted by molar-refractivity contribution is 5.93. The predicted molar refractivity (Wildman–Crippen MR) is 146 cm³/mol. The van der Waals surface area contributed by atoms with Crippen LogP contribution in [0.4, 0.5) is 0 Å². The summed E-state index contributed by atoms with van der Waals surface area (Å²) >= 11 is 0. The molecule has 9 N–H and O–H groups in total. The summed E-state index contributed by atoms with van der Waals surface area (Å²) in [6.07, 6.45) is 0.640. The number of benzene rings is 2. The van der Waals surface area contributed by atoms with Gasteiger partial charge in [-0.05, 0) is 35.6 Å². The van der Waals surface area contributed by atoms with Crippen LogP contribution in [0.2, 0.25) is 0 Å². The van der Waals surface area contributed by atoms with Crippen LogP contribution in [-0.4, -0.2) is 71.0 Å². The Morgan fingerprint density at radius 2 is 1.35 bits per heavy atom. The predicted octanol–water partition coefficient (Wildman–Crippen LogP) is -0.879. The Kier molecular flexibility index (Phi) is 12.6. The van der Waals surface area contributed by atoms with Crippen LogP contribution in [-0.2, 0) is 36.8 Å². The molecule has 12 nitrogen and oxygen atoms in total. The van der Waals surface area contributed by atoms with Gasteiger partial charge in [0.05, 0.1) is 13.1 Å². The maximum Gasteiger partial charge on any atom is 0.326 e. The first-order valence-corrected chi connectivity index (χ1v) is 13.0. The van der Waals surface area contributed by atoms with E-state index in [9.17, 15) is 34.2 Å². The van der Waals surface area contributed by atoms with Crippen molar-refractivity contribution in [3.63, 3.8) is 0 Å². The summed E-state index contributed by atoms with van der Waals surface area (Å²) in [5.41, 5.74) is 5.34. The van der Waals surface area contributed by atoms with Crippen LogP contribution in [0.15, 0.2) is 54.6 Å². The van der Waals surface area contributed by atoms with Gasteiger partial charge in [-0.2, -0.15) is 0 Å². The van der Waals surface area contributed by atoms with E-state index in [1.807, 2.05) is 13.8 Å². The van der Waals surface area contributed by atoms with Crippen molar-refractivity contribution in [1.29, 1.82) is 0 Å². The number of nitrogens with one attached hydrogen (secondary N) is 4. The van der Waals surface area contributed by atoms with Crippen LogP contribution in [0, 0.1) is 5.92 Å². The second-order valence-electron chi connectivity index (χ2n) is 9.90. The molecule has 0 radical (unpaired) electrons. The standard InChI is InChI=1S/C28H37N5O7/c1-17(2)12-23(28(39)40)33-27(38)22(14-18-6-4-3-5-7-18)32-25(36)16-30-24(35)15-31-26(37)21(29)13-19-8-10-20(34)11-9-19/h3-11,17,21-23,34H,12-16,29H2,1-2H3,(H,30,35)(H,31,37)(H,32,36)(H,33,38)(H,39,40)/p+1. The normalized spacial score (nSPS) is 13.0. The molecule has 0 saturated carbocycles. The molecule has 0 aliphatic carbocycles. The van der Waals surface area contributed by atoms with E-state index in [4.69, 9.17) is 0 Å². The third-order valence-electron chi connectivity index (χ3n) is 5.91. The summed E-state index contributed by atoms with van der Waals surface area (Å²) in [6, 6.07) is 12.4. The molecule has 2 aromatic carbocycles. The lowest BCUT2D eigenvalue weighted by Crippen LogP contribution is -2.68. The van der Waals surface area contributed by atoms with Crippen molar-refractivity contribution in [3.8, 4) is 5.75 Å². The van der Waals surface area contributed by atoms with Crippen molar-refractivity contribution >= 4 is 29.6 Å². The van der Waals surface area contributed by atoms with Crippen LogP contribution in [0.1, 0.15) is 31.4 Å². The van der Waals surface area contributed by atoms with Crippen LogP contribution in [0.25, 0.3) is 0 Å². The third-order valence-corrected chi connectivity index (χ3v) is 5.91. The number of rotatable bonds is 15. The fraction of sp³-hybridized carbons (Fsp3) is 0.393. The summed E-state index contributed by atoms with van der Waals surface area (Å²) in [5, 5.41) is 28.7. The molecule has 0 saturated heterocycles. The van der Waals surface area contributed by atoms with E-state index in [-0.39, 0.29) is 31.1 Å². The Morgan fingerprint density at radius 1 is 0.750 bits per heavy atom. The molecule has 2 rings (SSSR count). The average Bonchev–Trinajstić information content (AvgIpc) is 2.91. The van der Waals surface area contributed by atoms with Crippen molar-refractivity contribution in [1.82, 2.24) is 21.3 Å². The van der Waals surface area contributed by atoms with Crippen LogP contribution < -0.4 is 27.0 Å². The maximum atomic E-state index is 13.0. The Balaban J connectivity index is 1.88. The number of hydrogen-bond donors (Lipinski definition) is 7. The minimum absolute atomic E-state index is 0.0193. The number of carboxylic acids is 1. The SMILES string of the molecule is CC(C)CC(NC(=O)C(Cc1ccccc1)NC(=O)CNC(=O)CNC(=O)C([NH3+])Cc1ccc(O)cc1)C(=O)O. The largest absolute Gasteiger partial charge is 0.508 e. The van der Waals surface area contributed by atoms with E-state index in [1.165, 1.54) is 12.1 Å². The van der Waals surface area contributed by atoms with Gasteiger partial charge >= 0.3 is 5.97 Å². The zero-order valence-corrected chi connectivity index (χ0v) is 22.7. The lowest BCUT2D eigenvalue weighted by atomic mass is 10.0. The van der Waals surface area contributed by atoms with Gasteiger partial charge in [-0.1, -0.05) is 56.3 Å². The van der Waals surface area contributed by atoms with E-state index in [1.54, 1.807) is 42.5 Å². The van der Waals surface area contributed by atoms with Crippen molar-refractivity contribution < 1.29 is 39.9 Å². The van der Waals surface area contributed by atoms with Gasteiger partial charge in [0.25, 0.3) is 5.91 Å². The number of aromatic hydroxyl groups is 1. The van der Waals surface area contributed by atoms with E-state index >= 15 is 0 Å². The number of carbonyl (C=O) groups is 5. The topological polar surface area (TPSA) is 202 Å². The number of quaternary nitrogens is 1. The van der Waals surface area contributed by atoms with Gasteiger partial charge in [0, 0.05) is 12.8 Å². The molecule has 0 aliphatic rings. The molecule has 0 bridgehead atoms. The van der Waals surface area contributed by atoms with Gasteiger partial charge in [-0.3, -0.25) is 19.2 Å². The number of phenols is 1. The van der Waals surface area contributed by atoms with Crippen molar-refractivity contribution in [2.24, 2.45) is 5.92 Å². The summed E-state index contributed by atoms with van der Waals surface area (Å²) in [5.74, 6) is -3.43. The van der Waals surface area contributed by atoms with Gasteiger partial charge in [-0.15, -0.1) is 0 Å². The summed E-state index contributed by atoms with van der Waals surface area (Å²) in [7, 11) is 0. The molecule has 0 aliphatic heterocycles. The quantitative estimate of drug-likeness (QED) is 0.148. The highest BCUT2D eigenvalue weighted by Gasteiger charge is 2.27. The highest BCUT2D eigenvalue weighted by Crippen LogP contribution is 2.11. The van der Waals surface area contributed by atoms with E-state index in [0.717, 1.165) is 11.1 Å². The summed E-state index contributed by atoms with van der Waals surface area (Å²) in [4.78, 5) is 61.7. The van der Waals surface area contributed by atoms with Crippen LogP contribution >= 0.6 is 0 Å². The maximum absolute atomic E-state index is 13.0. The number of carboxylic acid groups (broad SMARTS) is 1. The average molecular weight is 557 g/mol. The molecular weight excluding hydrogens is 518 g/mol. The lowest BCUT2D eigenvalue weighted by Gasteiger charge is -2.22. The molecule has 12 heteroatoms. The van der Waals surface area contributed by atoms with Crippen LogP contribution in [0.5, 0.6) is 5.75 Å². The molecule has 0 aromatic heterocycles. The molecule has 216 valence electrons. The van der Waals surface area contributed by atoms with E-state index in [2.05, 4.69) is 27.0 Å². The Morgan fingerprint density at radius 3 is 1.95 bits per heavy atom. The highest BCUT2D eigenvalue weighted by atomic mass is 16.4. The second-order valence-corrected chi connectivity index (χ2v) is 9.90. The molecule has 4 amide bonds. The second kappa shape index (κ2) is 15.8. The van der Waals surface area contributed by atoms with Crippen molar-refractivity contribution in [2.45, 2.75) is 51.2 Å². The van der Waals surface area contributed by atoms with Gasteiger partial charge < -0.3 is 37.2 Å². The van der Waals surface area contributed by atoms with Gasteiger partial charge in [0.15, 0.2) is 6.04 Å². The zero-order valence-electron chi connectivity index (χ0n) is 22.7. The Labute approximate surface area is 232 Å². The number of amides is 4. The molecule has 0 spiro atoms. The fourth-order valence-electron chi connectivity index (χ4n) is 3.83. The zero-order chi connectivity index (χ0) is 29.7. The first-order valence-electron chi connectivity index (χ1n) is 13.0. The summed E-state index contributed by atoms with van der Waals surface area (Å²) < 4.78 is 0. The minimum Gasteiger partial charge on any atom is -0.508 e. The molecule has 0 heterocycles. The first-order chi connectivity index (χ1) is 18.9.